The highest BCUT2D eigenvalue weighted by Gasteiger charge is 2.13. The van der Waals surface area contributed by atoms with E-state index in [9.17, 15) is 5.26 Å². The Balaban J connectivity index is 1.83. The molecule has 0 aliphatic carbocycles. The third-order valence-corrected chi connectivity index (χ3v) is 4.77. The lowest BCUT2D eigenvalue weighted by Gasteiger charge is -2.09. The van der Waals surface area contributed by atoms with E-state index >= 15 is 0 Å². The van der Waals surface area contributed by atoms with Gasteiger partial charge in [0.1, 0.15) is 17.5 Å². The van der Waals surface area contributed by atoms with Crippen molar-refractivity contribution in [3.05, 3.63) is 82.0 Å². The Kier molecular flexibility index (Phi) is 5.54. The van der Waals surface area contributed by atoms with Gasteiger partial charge in [-0.1, -0.05) is 65.8 Å². The maximum atomic E-state index is 9.37. The molecule has 3 aromatic rings. The van der Waals surface area contributed by atoms with Crippen molar-refractivity contribution in [2.45, 2.75) is 17.3 Å². The van der Waals surface area contributed by atoms with E-state index in [1.165, 1.54) is 11.8 Å². The quantitative estimate of drug-likeness (QED) is 0.532. The molecule has 3 rings (SSSR count). The predicted molar refractivity (Wildman–Crippen MR) is 101 cm³/mol. The van der Waals surface area contributed by atoms with Crippen LogP contribution in [0.1, 0.15) is 22.4 Å². The van der Waals surface area contributed by atoms with Gasteiger partial charge < -0.3 is 5.73 Å². The van der Waals surface area contributed by atoms with Gasteiger partial charge in [0, 0.05) is 17.2 Å². The molecular weight excluding hydrogens is 352 g/mol. The van der Waals surface area contributed by atoms with Gasteiger partial charge in [-0.15, -0.1) is 0 Å². The molecule has 2 N–H and O–H groups in total. The van der Waals surface area contributed by atoms with Gasteiger partial charge in [-0.25, -0.2) is 9.97 Å². The monoisotopic (exact) mass is 366 g/mol. The number of thioether (sulfide) groups is 1. The van der Waals surface area contributed by atoms with Crippen molar-refractivity contribution in [3.8, 4) is 6.07 Å². The number of aromatic nitrogens is 2. The molecule has 0 amide bonds. The van der Waals surface area contributed by atoms with Gasteiger partial charge in [-0.2, -0.15) is 5.26 Å². The van der Waals surface area contributed by atoms with Gasteiger partial charge in [0.05, 0.1) is 5.69 Å². The van der Waals surface area contributed by atoms with Crippen molar-refractivity contribution in [1.82, 2.24) is 9.97 Å². The molecule has 1 aromatic heterocycles. The van der Waals surface area contributed by atoms with E-state index < -0.39 is 0 Å². The Bertz CT molecular complexity index is 905. The van der Waals surface area contributed by atoms with Crippen LogP contribution in [0.2, 0.25) is 5.02 Å². The van der Waals surface area contributed by atoms with Gasteiger partial charge in [0.2, 0.25) is 0 Å². The molecule has 0 saturated carbocycles. The van der Waals surface area contributed by atoms with Crippen molar-refractivity contribution in [3.63, 3.8) is 0 Å². The van der Waals surface area contributed by atoms with Crippen LogP contribution in [0, 0.1) is 11.3 Å². The molecule has 0 aliphatic rings. The largest absolute Gasteiger partial charge is 0.382 e. The summed E-state index contributed by atoms with van der Waals surface area (Å²) in [5.41, 5.74) is 9.16. The fourth-order valence-electron chi connectivity index (χ4n) is 2.34. The van der Waals surface area contributed by atoms with Crippen molar-refractivity contribution in [2.75, 3.05) is 5.73 Å². The topological polar surface area (TPSA) is 75.6 Å². The molecule has 0 radical (unpaired) electrons. The number of nitrogens with zero attached hydrogens (tertiary/aromatic N) is 3. The molecule has 0 saturated heterocycles. The summed E-state index contributed by atoms with van der Waals surface area (Å²) in [6.07, 6.45) is 0.547. The summed E-state index contributed by atoms with van der Waals surface area (Å²) < 4.78 is 0. The average molecular weight is 367 g/mol. The minimum atomic E-state index is 0.224. The first kappa shape index (κ1) is 17.3. The molecule has 6 heteroatoms. The van der Waals surface area contributed by atoms with E-state index in [0.717, 1.165) is 11.1 Å². The van der Waals surface area contributed by atoms with Gasteiger partial charge in [-0.3, -0.25) is 0 Å². The predicted octanol–water partition coefficient (Wildman–Crippen LogP) is 4.47. The molecule has 25 heavy (non-hydrogen) atoms. The van der Waals surface area contributed by atoms with E-state index in [4.69, 9.17) is 17.3 Å². The minimum absolute atomic E-state index is 0.224. The van der Waals surface area contributed by atoms with Crippen LogP contribution >= 0.6 is 23.4 Å². The first-order valence-corrected chi connectivity index (χ1v) is 8.99. The number of nitriles is 1. The summed E-state index contributed by atoms with van der Waals surface area (Å²) in [5.74, 6) is 0.926. The Labute approximate surface area is 155 Å². The number of hydrogen-bond donors (Lipinski definition) is 1. The fraction of sp³-hybridized carbons (Fsp3) is 0.105. The Morgan fingerprint density at radius 3 is 2.40 bits per heavy atom. The summed E-state index contributed by atoms with van der Waals surface area (Å²) in [6.45, 7) is 0. The highest BCUT2D eigenvalue weighted by atomic mass is 35.5. The smallest absolute Gasteiger partial charge is 0.190 e. The molecule has 2 aromatic carbocycles. The van der Waals surface area contributed by atoms with Crippen molar-refractivity contribution >= 4 is 29.2 Å². The van der Waals surface area contributed by atoms with E-state index in [2.05, 4.69) is 16.0 Å². The second kappa shape index (κ2) is 8.02. The molecule has 0 aliphatic heterocycles. The maximum Gasteiger partial charge on any atom is 0.190 e. The molecule has 0 spiro atoms. The fourth-order valence-corrected chi connectivity index (χ4v) is 3.29. The number of nitrogens with two attached hydrogens (primary N) is 1. The van der Waals surface area contributed by atoms with Gasteiger partial charge >= 0.3 is 0 Å². The highest BCUT2D eigenvalue weighted by molar-refractivity contribution is 7.98. The molecular formula is C19H15ClN4S. The molecule has 0 unspecified atom stereocenters. The molecule has 1 heterocycles. The van der Waals surface area contributed by atoms with E-state index in [0.29, 0.717) is 33.6 Å². The first-order valence-electron chi connectivity index (χ1n) is 7.63. The Morgan fingerprint density at radius 1 is 1.00 bits per heavy atom. The lowest BCUT2D eigenvalue weighted by molar-refractivity contribution is 0.902. The second-order valence-electron chi connectivity index (χ2n) is 5.40. The maximum absolute atomic E-state index is 9.37. The molecule has 124 valence electrons. The second-order valence-corrected chi connectivity index (χ2v) is 6.78. The van der Waals surface area contributed by atoms with Crippen molar-refractivity contribution in [1.29, 1.82) is 5.26 Å². The number of benzene rings is 2. The van der Waals surface area contributed by atoms with E-state index in [-0.39, 0.29) is 5.82 Å². The highest BCUT2D eigenvalue weighted by Crippen LogP contribution is 2.24. The van der Waals surface area contributed by atoms with Crippen LogP contribution in [0.5, 0.6) is 0 Å². The van der Waals surface area contributed by atoms with Crippen LogP contribution in [-0.4, -0.2) is 9.97 Å². The number of halogens is 1. The SMILES string of the molecule is N#Cc1c(N)nc(SCc2ccc(Cl)cc2)nc1Cc1ccccc1. The van der Waals surface area contributed by atoms with Crippen molar-refractivity contribution < 1.29 is 0 Å². The summed E-state index contributed by atoms with van der Waals surface area (Å²) in [4.78, 5) is 8.82. The van der Waals surface area contributed by atoms with Gasteiger partial charge in [0.25, 0.3) is 0 Å². The standard InChI is InChI=1S/C19H15ClN4S/c20-15-8-6-14(7-9-15)12-25-19-23-17(16(11-21)18(22)24-19)10-13-4-2-1-3-5-13/h1-9H,10,12H2,(H2,22,23,24). The normalized spacial score (nSPS) is 10.4. The summed E-state index contributed by atoms with van der Waals surface area (Å²) in [7, 11) is 0. The Morgan fingerprint density at radius 2 is 1.72 bits per heavy atom. The molecule has 0 atom stereocenters. The van der Waals surface area contributed by atoms with E-state index in [1.54, 1.807) is 0 Å². The van der Waals surface area contributed by atoms with Crippen LogP contribution < -0.4 is 5.73 Å². The zero-order valence-electron chi connectivity index (χ0n) is 13.3. The summed E-state index contributed by atoms with van der Waals surface area (Å²) in [5, 5.41) is 10.6. The van der Waals surface area contributed by atoms with Gasteiger partial charge in [0.15, 0.2) is 5.16 Å². The third-order valence-electron chi connectivity index (χ3n) is 3.60. The number of hydrogen-bond acceptors (Lipinski definition) is 5. The van der Waals surface area contributed by atoms with Crippen LogP contribution in [0.25, 0.3) is 0 Å². The number of nitrogen functional groups attached to an aromatic ring is 1. The summed E-state index contributed by atoms with van der Waals surface area (Å²) in [6, 6.07) is 19.6. The number of rotatable bonds is 5. The summed E-state index contributed by atoms with van der Waals surface area (Å²) >= 11 is 7.38. The van der Waals surface area contributed by atoms with Crippen LogP contribution in [-0.2, 0) is 12.2 Å². The van der Waals surface area contributed by atoms with Crippen LogP contribution in [0.4, 0.5) is 5.82 Å². The Hall–Kier alpha value is -2.55. The minimum Gasteiger partial charge on any atom is -0.382 e. The van der Waals surface area contributed by atoms with E-state index in [1.807, 2.05) is 54.6 Å². The lowest BCUT2D eigenvalue weighted by atomic mass is 10.1. The lowest BCUT2D eigenvalue weighted by Crippen LogP contribution is -2.06. The van der Waals surface area contributed by atoms with Crippen LogP contribution in [0.3, 0.4) is 0 Å². The first-order chi connectivity index (χ1) is 12.2. The molecule has 0 fully saturated rings. The number of anilines is 1. The molecule has 4 nitrogen and oxygen atoms in total. The van der Waals surface area contributed by atoms with Crippen molar-refractivity contribution in [2.24, 2.45) is 0 Å². The van der Waals surface area contributed by atoms with Crippen LogP contribution in [0.15, 0.2) is 59.8 Å². The zero-order valence-corrected chi connectivity index (χ0v) is 14.9. The zero-order chi connectivity index (χ0) is 17.6. The average Bonchev–Trinajstić information content (AvgIpc) is 2.62. The van der Waals surface area contributed by atoms with Gasteiger partial charge in [-0.05, 0) is 23.3 Å². The third kappa shape index (κ3) is 4.50. The molecule has 0 bridgehead atoms.